The number of esters is 1. The van der Waals surface area contributed by atoms with Crippen molar-refractivity contribution < 1.29 is 23.9 Å². The molecule has 2 atom stereocenters. The molecule has 1 saturated carbocycles. The van der Waals surface area contributed by atoms with E-state index < -0.39 is 11.6 Å². The van der Waals surface area contributed by atoms with Crippen LogP contribution in [0.5, 0.6) is 0 Å². The maximum Gasteiger partial charge on any atom is 0.407 e. The van der Waals surface area contributed by atoms with Crippen LogP contribution in [0.3, 0.4) is 0 Å². The van der Waals surface area contributed by atoms with Gasteiger partial charge in [0.1, 0.15) is 5.60 Å². The molecule has 2 aromatic rings. The van der Waals surface area contributed by atoms with Crippen molar-refractivity contribution in [3.05, 3.63) is 76.9 Å². The van der Waals surface area contributed by atoms with Crippen LogP contribution < -0.4 is 10.6 Å². The van der Waals surface area contributed by atoms with Gasteiger partial charge in [-0.2, -0.15) is 0 Å². The van der Waals surface area contributed by atoms with Crippen molar-refractivity contribution >= 4 is 24.0 Å². The highest BCUT2D eigenvalue weighted by Crippen LogP contribution is 2.41. The number of hydrogen-bond acceptors (Lipinski definition) is 5. The zero-order chi connectivity index (χ0) is 24.0. The fourth-order valence-corrected chi connectivity index (χ4v) is 3.33. The van der Waals surface area contributed by atoms with Crippen molar-refractivity contribution in [2.24, 2.45) is 0 Å². The molecule has 33 heavy (non-hydrogen) atoms. The quantitative estimate of drug-likeness (QED) is 0.488. The van der Waals surface area contributed by atoms with Gasteiger partial charge in [0.2, 0.25) is 5.91 Å². The monoisotopic (exact) mass is 450 g/mol. The normalized spacial score (nSPS) is 17.3. The Balaban J connectivity index is 1.44. The Morgan fingerprint density at radius 3 is 2.30 bits per heavy atom. The van der Waals surface area contributed by atoms with Gasteiger partial charge in [-0.3, -0.25) is 4.79 Å². The number of hydrogen-bond donors (Lipinski definition) is 2. The lowest BCUT2D eigenvalue weighted by Crippen LogP contribution is -2.34. The predicted octanol–water partition coefficient (Wildman–Crippen LogP) is 4.18. The van der Waals surface area contributed by atoms with Gasteiger partial charge in [0.05, 0.1) is 12.7 Å². The minimum absolute atomic E-state index is 0.0914. The Kier molecular flexibility index (Phi) is 7.53. The zero-order valence-electron chi connectivity index (χ0n) is 19.4. The molecule has 7 heteroatoms. The summed E-state index contributed by atoms with van der Waals surface area (Å²) in [6.45, 7) is 5.88. The van der Waals surface area contributed by atoms with Gasteiger partial charge >= 0.3 is 12.1 Å². The number of alkyl carbamates (subject to hydrolysis) is 1. The van der Waals surface area contributed by atoms with Gasteiger partial charge in [-0.15, -0.1) is 0 Å². The van der Waals surface area contributed by atoms with Crippen LogP contribution in [0.4, 0.5) is 4.79 Å². The van der Waals surface area contributed by atoms with Crippen LogP contribution in [0.2, 0.25) is 0 Å². The molecule has 0 aromatic heterocycles. The topological polar surface area (TPSA) is 93.7 Å². The third kappa shape index (κ3) is 7.49. The molecule has 0 bridgehead atoms. The Morgan fingerprint density at radius 2 is 1.70 bits per heavy atom. The number of methoxy groups -OCH3 is 1. The summed E-state index contributed by atoms with van der Waals surface area (Å²) >= 11 is 0. The Morgan fingerprint density at radius 1 is 1.03 bits per heavy atom. The molecule has 0 aliphatic heterocycles. The minimum atomic E-state index is -0.510. The predicted molar refractivity (Wildman–Crippen MR) is 126 cm³/mol. The first-order valence-corrected chi connectivity index (χ1v) is 10.9. The molecule has 0 saturated heterocycles. The van der Waals surface area contributed by atoms with Crippen molar-refractivity contribution in [2.45, 2.75) is 51.3 Å². The summed E-state index contributed by atoms with van der Waals surface area (Å²) < 4.78 is 9.97. The van der Waals surface area contributed by atoms with E-state index in [1.165, 1.54) is 13.2 Å². The molecule has 0 unspecified atom stereocenters. The zero-order valence-corrected chi connectivity index (χ0v) is 19.4. The van der Waals surface area contributed by atoms with E-state index in [0.29, 0.717) is 12.1 Å². The third-order valence-corrected chi connectivity index (χ3v) is 5.13. The molecule has 0 radical (unpaired) electrons. The summed E-state index contributed by atoms with van der Waals surface area (Å²) in [7, 11) is 1.34. The second-order valence-electron chi connectivity index (χ2n) is 9.00. The average molecular weight is 451 g/mol. The fraction of sp³-hybridized carbons (Fsp3) is 0.346. The average Bonchev–Trinajstić information content (AvgIpc) is 3.53. The lowest BCUT2D eigenvalue weighted by molar-refractivity contribution is -0.116. The molecule has 2 aromatic carbocycles. The summed E-state index contributed by atoms with van der Waals surface area (Å²) in [6, 6.07) is 14.9. The minimum Gasteiger partial charge on any atom is -0.465 e. The second-order valence-corrected chi connectivity index (χ2v) is 9.00. The highest BCUT2D eigenvalue weighted by molar-refractivity contribution is 5.91. The van der Waals surface area contributed by atoms with E-state index in [9.17, 15) is 14.4 Å². The highest BCUT2D eigenvalue weighted by atomic mass is 16.6. The first-order chi connectivity index (χ1) is 15.6. The van der Waals surface area contributed by atoms with Crippen molar-refractivity contribution in [3.8, 4) is 0 Å². The van der Waals surface area contributed by atoms with E-state index >= 15 is 0 Å². The fourth-order valence-electron chi connectivity index (χ4n) is 3.33. The Labute approximate surface area is 194 Å². The van der Waals surface area contributed by atoms with Crippen molar-refractivity contribution in [1.29, 1.82) is 0 Å². The molecule has 0 heterocycles. The summed E-state index contributed by atoms with van der Waals surface area (Å²) in [4.78, 5) is 35.5. The molecule has 7 nitrogen and oxygen atoms in total. The third-order valence-electron chi connectivity index (χ3n) is 5.13. The summed E-state index contributed by atoms with van der Waals surface area (Å²) in [5.41, 5.74) is 2.90. The summed E-state index contributed by atoms with van der Waals surface area (Å²) in [5.74, 6) is -0.319. The van der Waals surface area contributed by atoms with Gasteiger partial charge in [0, 0.05) is 24.6 Å². The number of benzene rings is 2. The van der Waals surface area contributed by atoms with E-state index in [-0.39, 0.29) is 24.0 Å². The molecular formula is C26H30N2O5. The van der Waals surface area contributed by atoms with E-state index in [2.05, 4.69) is 15.4 Å². The Hall–Kier alpha value is -3.61. The molecule has 2 amide bonds. The molecule has 1 aliphatic rings. The Bertz CT molecular complexity index is 1020. The first-order valence-electron chi connectivity index (χ1n) is 10.9. The molecule has 174 valence electrons. The smallest absolute Gasteiger partial charge is 0.407 e. The number of amides is 2. The van der Waals surface area contributed by atoms with Crippen LogP contribution >= 0.6 is 0 Å². The maximum absolute atomic E-state index is 12.1. The largest absolute Gasteiger partial charge is 0.465 e. The van der Waals surface area contributed by atoms with Crippen molar-refractivity contribution in [2.75, 3.05) is 7.11 Å². The number of rotatable bonds is 7. The number of ether oxygens (including phenoxy) is 2. The highest BCUT2D eigenvalue weighted by Gasteiger charge is 2.40. The molecule has 1 aliphatic carbocycles. The van der Waals surface area contributed by atoms with Gasteiger partial charge in [0.25, 0.3) is 0 Å². The van der Waals surface area contributed by atoms with Crippen LogP contribution in [0, 0.1) is 0 Å². The lowest BCUT2D eigenvalue weighted by atomic mass is 10.1. The molecule has 3 rings (SSSR count). The van der Waals surface area contributed by atoms with E-state index in [1.54, 1.807) is 30.3 Å². The van der Waals surface area contributed by atoms with E-state index in [4.69, 9.17) is 4.74 Å². The first kappa shape index (κ1) is 24.0. The van der Waals surface area contributed by atoms with Crippen LogP contribution in [0.15, 0.2) is 54.6 Å². The van der Waals surface area contributed by atoms with E-state index in [1.807, 2.05) is 45.0 Å². The van der Waals surface area contributed by atoms with Crippen molar-refractivity contribution in [1.82, 2.24) is 10.6 Å². The standard InChI is InChI=1S/C26H30N2O5/c1-26(2,3)33-25(31)28-22-15-21(22)19-10-5-17(6-11-19)9-14-23(29)27-16-18-7-12-20(13-8-18)24(30)32-4/h5-14,21-22H,15-16H2,1-4H3,(H,27,29)(H,28,31)/b14-9+/t21-,22+/m0/s1. The maximum atomic E-state index is 12.1. The van der Waals surface area contributed by atoms with Crippen molar-refractivity contribution in [3.63, 3.8) is 0 Å². The summed E-state index contributed by atoms with van der Waals surface area (Å²) in [5, 5.41) is 5.72. The number of carbonyl (C=O) groups is 3. The van der Waals surface area contributed by atoms with E-state index in [0.717, 1.165) is 23.1 Å². The van der Waals surface area contributed by atoms with Gasteiger partial charge in [-0.1, -0.05) is 36.4 Å². The lowest BCUT2D eigenvalue weighted by Gasteiger charge is -2.19. The second kappa shape index (κ2) is 10.3. The van der Waals surface area contributed by atoms with Gasteiger partial charge in [0.15, 0.2) is 0 Å². The van der Waals surface area contributed by atoms with Crippen LogP contribution in [-0.2, 0) is 20.8 Å². The molecule has 0 spiro atoms. The molecule has 1 fully saturated rings. The molecule has 2 N–H and O–H groups in total. The van der Waals surface area contributed by atoms with Crippen LogP contribution in [0.1, 0.15) is 60.2 Å². The van der Waals surface area contributed by atoms with Crippen LogP contribution in [-0.4, -0.2) is 36.7 Å². The van der Waals surface area contributed by atoms with Gasteiger partial charge in [-0.05, 0) is 62.1 Å². The number of nitrogens with one attached hydrogen (secondary N) is 2. The van der Waals surface area contributed by atoms with Gasteiger partial charge < -0.3 is 20.1 Å². The SMILES string of the molecule is COC(=O)c1ccc(CNC(=O)/C=C/c2ccc([C@@H]3C[C@H]3NC(=O)OC(C)(C)C)cc2)cc1. The number of carbonyl (C=O) groups excluding carboxylic acids is 3. The van der Waals surface area contributed by atoms with Crippen LogP contribution in [0.25, 0.3) is 6.08 Å². The molecular weight excluding hydrogens is 420 g/mol. The van der Waals surface area contributed by atoms with Gasteiger partial charge in [-0.25, -0.2) is 9.59 Å². The summed E-state index contributed by atoms with van der Waals surface area (Å²) in [6.07, 6.45) is 3.74.